The van der Waals surface area contributed by atoms with Crippen LogP contribution in [0.2, 0.25) is 0 Å². The quantitative estimate of drug-likeness (QED) is 0.201. The van der Waals surface area contributed by atoms with Gasteiger partial charge >= 0.3 is 0 Å². The monoisotopic (exact) mass is 550 g/mol. The van der Waals surface area contributed by atoms with Crippen molar-refractivity contribution in [3.63, 3.8) is 0 Å². The zero-order valence-electron chi connectivity index (χ0n) is 22.9. The minimum absolute atomic E-state index is 0.771. The molecule has 3 heteroatoms. The minimum Gasteiger partial charge on any atom is -0.460 e. The fourth-order valence-electron chi connectivity index (χ4n) is 7.16. The average molecular weight is 551 g/mol. The first-order chi connectivity index (χ1) is 21.3. The van der Waals surface area contributed by atoms with Gasteiger partial charge in [-0.2, -0.15) is 0 Å². The van der Waals surface area contributed by atoms with E-state index in [1.165, 1.54) is 32.7 Å². The molecule has 43 heavy (non-hydrogen) atoms. The van der Waals surface area contributed by atoms with Crippen LogP contribution in [0.15, 0.2) is 147 Å². The molecular weight excluding hydrogens is 528 g/mol. The molecular formula is C40H22O3. The molecule has 7 aromatic carbocycles. The summed E-state index contributed by atoms with van der Waals surface area (Å²) in [5, 5.41) is 10.1. The van der Waals surface area contributed by atoms with Crippen molar-refractivity contribution in [3.8, 4) is 22.3 Å². The van der Waals surface area contributed by atoms with Crippen LogP contribution < -0.4 is 0 Å². The maximum atomic E-state index is 6.56. The van der Waals surface area contributed by atoms with Crippen LogP contribution in [0.3, 0.4) is 0 Å². The summed E-state index contributed by atoms with van der Waals surface area (Å²) in [5.74, 6) is 0. The van der Waals surface area contributed by atoms with Crippen LogP contribution in [-0.4, -0.2) is 0 Å². The molecule has 0 saturated heterocycles. The third-order valence-corrected chi connectivity index (χ3v) is 8.96. The number of para-hydroxylation sites is 3. The molecule has 0 fully saturated rings. The summed E-state index contributed by atoms with van der Waals surface area (Å²) in [5.41, 5.74) is 8.81. The standard InChI is InChI=1S/C40H22O3/c1-3-14-27-25(12-1)36(31-17-9-16-29-23-10-5-7-18-34(23)42-38(29)31)26-13-2-4-15-28(26)37(27)32-22-33-24-11-6-8-19-35(24)43-40(33)39-30(32)20-21-41-39/h1-22H. The number of hydrogen-bond donors (Lipinski definition) is 0. The van der Waals surface area contributed by atoms with Crippen LogP contribution in [0.25, 0.3) is 98.6 Å². The van der Waals surface area contributed by atoms with Gasteiger partial charge in [0.15, 0.2) is 11.2 Å². The maximum absolute atomic E-state index is 6.56. The summed E-state index contributed by atoms with van der Waals surface area (Å²) >= 11 is 0. The van der Waals surface area contributed by atoms with Crippen molar-refractivity contribution in [1.82, 2.24) is 0 Å². The van der Waals surface area contributed by atoms with Gasteiger partial charge in [0, 0.05) is 38.1 Å². The number of fused-ring (bicyclic) bond motifs is 10. The Morgan fingerprint density at radius 2 is 0.837 bits per heavy atom. The summed E-state index contributed by atoms with van der Waals surface area (Å²) in [6.07, 6.45) is 1.77. The highest BCUT2D eigenvalue weighted by Gasteiger charge is 2.23. The van der Waals surface area contributed by atoms with Crippen molar-refractivity contribution in [2.24, 2.45) is 0 Å². The second kappa shape index (κ2) is 8.37. The fourth-order valence-corrected chi connectivity index (χ4v) is 7.16. The largest absolute Gasteiger partial charge is 0.460 e. The molecule has 0 amide bonds. The molecule has 10 aromatic rings. The van der Waals surface area contributed by atoms with Crippen molar-refractivity contribution in [2.75, 3.05) is 0 Å². The third-order valence-electron chi connectivity index (χ3n) is 8.96. The van der Waals surface area contributed by atoms with Gasteiger partial charge < -0.3 is 13.3 Å². The topological polar surface area (TPSA) is 39.4 Å². The number of rotatable bonds is 2. The summed E-state index contributed by atoms with van der Waals surface area (Å²) in [6, 6.07) is 44.8. The molecule has 10 rings (SSSR count). The van der Waals surface area contributed by atoms with Crippen molar-refractivity contribution >= 4 is 76.4 Å². The Hall–Kier alpha value is -5.80. The molecule has 0 aliphatic rings. The third kappa shape index (κ3) is 3.03. The molecule has 0 radical (unpaired) electrons. The molecule has 200 valence electrons. The first-order valence-corrected chi connectivity index (χ1v) is 14.5. The summed E-state index contributed by atoms with van der Waals surface area (Å²) in [6.45, 7) is 0. The van der Waals surface area contributed by atoms with Crippen LogP contribution in [0, 0.1) is 0 Å². The van der Waals surface area contributed by atoms with E-state index in [4.69, 9.17) is 13.3 Å². The molecule has 0 saturated carbocycles. The number of furan rings is 3. The Kier molecular flexibility index (Phi) is 4.45. The van der Waals surface area contributed by atoms with Gasteiger partial charge in [-0.05, 0) is 56.9 Å². The highest BCUT2D eigenvalue weighted by molar-refractivity contribution is 6.27. The van der Waals surface area contributed by atoms with Gasteiger partial charge in [0.05, 0.1) is 6.26 Å². The molecule has 0 bridgehead atoms. The number of hydrogen-bond acceptors (Lipinski definition) is 3. The van der Waals surface area contributed by atoms with Crippen molar-refractivity contribution in [3.05, 3.63) is 134 Å². The highest BCUT2D eigenvalue weighted by Crippen LogP contribution is 2.49. The first kappa shape index (κ1) is 22.8. The molecule has 0 unspecified atom stereocenters. The van der Waals surface area contributed by atoms with E-state index >= 15 is 0 Å². The lowest BCUT2D eigenvalue weighted by Gasteiger charge is -2.18. The average Bonchev–Trinajstić information content (AvgIpc) is 3.79. The molecule has 3 aromatic heterocycles. The summed E-state index contributed by atoms with van der Waals surface area (Å²) in [7, 11) is 0. The molecule has 0 spiro atoms. The Morgan fingerprint density at radius 3 is 1.49 bits per heavy atom. The van der Waals surface area contributed by atoms with E-state index in [-0.39, 0.29) is 0 Å². The minimum atomic E-state index is 0.771. The normalized spacial score (nSPS) is 12.2. The lowest BCUT2D eigenvalue weighted by molar-refractivity contribution is 0.600. The summed E-state index contributed by atoms with van der Waals surface area (Å²) in [4.78, 5) is 0. The van der Waals surface area contributed by atoms with Crippen LogP contribution in [0.1, 0.15) is 0 Å². The molecule has 3 nitrogen and oxygen atoms in total. The van der Waals surface area contributed by atoms with Crippen molar-refractivity contribution in [1.29, 1.82) is 0 Å². The first-order valence-electron chi connectivity index (χ1n) is 14.5. The van der Waals surface area contributed by atoms with Gasteiger partial charge in [0.25, 0.3) is 0 Å². The second-order valence-electron chi connectivity index (χ2n) is 11.2. The molecule has 3 heterocycles. The Morgan fingerprint density at radius 1 is 0.326 bits per heavy atom. The fraction of sp³-hybridized carbons (Fsp3) is 0. The second-order valence-corrected chi connectivity index (χ2v) is 11.2. The Bertz CT molecular complexity index is 2680. The Balaban J connectivity index is 1.39. The lowest BCUT2D eigenvalue weighted by atomic mass is 9.84. The molecule has 0 atom stereocenters. The van der Waals surface area contributed by atoms with Gasteiger partial charge in [-0.3, -0.25) is 0 Å². The van der Waals surface area contributed by atoms with E-state index in [0.29, 0.717) is 0 Å². The zero-order valence-corrected chi connectivity index (χ0v) is 22.9. The highest BCUT2D eigenvalue weighted by atomic mass is 16.4. The number of benzene rings is 7. The van der Waals surface area contributed by atoms with Gasteiger partial charge in [0.2, 0.25) is 0 Å². The van der Waals surface area contributed by atoms with E-state index in [1.807, 2.05) is 24.3 Å². The van der Waals surface area contributed by atoms with E-state index in [1.54, 1.807) is 6.26 Å². The van der Waals surface area contributed by atoms with Crippen LogP contribution in [-0.2, 0) is 0 Å². The lowest BCUT2D eigenvalue weighted by Crippen LogP contribution is -1.91. The van der Waals surface area contributed by atoms with Crippen molar-refractivity contribution in [2.45, 2.75) is 0 Å². The zero-order chi connectivity index (χ0) is 28.1. The van der Waals surface area contributed by atoms with E-state index in [2.05, 4.69) is 103 Å². The van der Waals surface area contributed by atoms with Gasteiger partial charge in [-0.15, -0.1) is 0 Å². The van der Waals surface area contributed by atoms with Crippen molar-refractivity contribution < 1.29 is 13.3 Å². The van der Waals surface area contributed by atoms with E-state index < -0.39 is 0 Å². The summed E-state index contributed by atoms with van der Waals surface area (Å²) < 4.78 is 19.0. The van der Waals surface area contributed by atoms with Gasteiger partial charge in [-0.1, -0.05) is 103 Å². The van der Waals surface area contributed by atoms with E-state index in [0.717, 1.165) is 66.0 Å². The molecule has 0 aliphatic carbocycles. The predicted octanol–water partition coefficient (Wildman–Crippen LogP) is 11.9. The Labute approximate surface area is 245 Å². The SMILES string of the molecule is c1ccc2c(c1)oc1c(-c3c4ccccc4c(-c4cc5c6ccccc6oc5c5occc45)c4ccccc34)cccc12. The maximum Gasteiger partial charge on any atom is 0.178 e. The molecule has 0 N–H and O–H groups in total. The van der Waals surface area contributed by atoms with Gasteiger partial charge in [-0.25, -0.2) is 0 Å². The predicted molar refractivity (Wildman–Crippen MR) is 177 cm³/mol. The molecule has 0 aliphatic heterocycles. The van der Waals surface area contributed by atoms with E-state index in [9.17, 15) is 0 Å². The van der Waals surface area contributed by atoms with Crippen LogP contribution in [0.4, 0.5) is 0 Å². The smallest absolute Gasteiger partial charge is 0.178 e. The van der Waals surface area contributed by atoms with Gasteiger partial charge in [0.1, 0.15) is 16.7 Å². The van der Waals surface area contributed by atoms with Crippen LogP contribution >= 0.6 is 0 Å². The van der Waals surface area contributed by atoms with Crippen LogP contribution in [0.5, 0.6) is 0 Å².